The summed E-state index contributed by atoms with van der Waals surface area (Å²) in [5.41, 5.74) is 6.96. The molecule has 3 rings (SSSR count). The fourth-order valence-electron chi connectivity index (χ4n) is 6.19. The van der Waals surface area contributed by atoms with E-state index in [1.807, 2.05) is 0 Å². The number of fused-ring (bicyclic) bond motifs is 1. The standard InChI is InChI=1S/C45H71N3O18/c1-36-38-8-7-37(46)34-40(38)65-45(53)39(36)35-43(51)47(11-5-3-4-6-44(52)66-48-41(49)9-10-42(48)50)12-13-55-16-17-57-20-21-59-24-25-61-28-29-63-32-33-64-31-30-62-27-26-60-23-22-58-19-18-56-15-14-54-2/h7-8,34H,3-6,9-33,35,46H2,1-2H3. The van der Waals surface area contributed by atoms with Gasteiger partial charge in [-0.1, -0.05) is 6.42 Å². The van der Waals surface area contributed by atoms with Crippen LogP contribution in [0.25, 0.3) is 11.0 Å². The van der Waals surface area contributed by atoms with Crippen molar-refractivity contribution in [3.05, 3.63) is 39.7 Å². The normalized spacial score (nSPS) is 12.8. The molecular weight excluding hydrogens is 870 g/mol. The predicted molar refractivity (Wildman–Crippen MR) is 238 cm³/mol. The molecule has 21 heteroatoms. The molecule has 374 valence electrons. The maximum absolute atomic E-state index is 13.6. The van der Waals surface area contributed by atoms with Crippen LogP contribution in [0.15, 0.2) is 27.4 Å². The number of aryl methyl sites for hydroxylation is 1. The van der Waals surface area contributed by atoms with Gasteiger partial charge in [0.1, 0.15) is 5.58 Å². The van der Waals surface area contributed by atoms with Gasteiger partial charge >= 0.3 is 11.6 Å². The molecule has 2 heterocycles. The third-order valence-corrected chi connectivity index (χ3v) is 9.79. The van der Waals surface area contributed by atoms with E-state index in [4.69, 9.17) is 67.1 Å². The fraction of sp³-hybridized carbons (Fsp3) is 0.711. The topological polar surface area (TPSA) is 242 Å². The zero-order valence-corrected chi connectivity index (χ0v) is 38.8. The number of rotatable bonds is 42. The van der Waals surface area contributed by atoms with Gasteiger partial charge in [0.15, 0.2) is 0 Å². The van der Waals surface area contributed by atoms with Crippen LogP contribution in [0, 0.1) is 6.92 Å². The Hall–Kier alpha value is -4.13. The number of anilines is 1. The number of carbonyl (C=O) groups is 4. The number of amides is 3. The average molecular weight is 942 g/mol. The highest BCUT2D eigenvalue weighted by molar-refractivity contribution is 6.01. The summed E-state index contributed by atoms with van der Waals surface area (Å²) in [7, 11) is 1.63. The molecule has 3 amide bonds. The Labute approximate surface area is 386 Å². The van der Waals surface area contributed by atoms with Crippen LogP contribution in [0.5, 0.6) is 0 Å². The number of hydroxylamine groups is 2. The number of hydrogen-bond donors (Lipinski definition) is 1. The molecule has 66 heavy (non-hydrogen) atoms. The Morgan fingerprint density at radius 1 is 0.606 bits per heavy atom. The number of nitrogens with two attached hydrogens (primary N) is 1. The van der Waals surface area contributed by atoms with E-state index in [9.17, 15) is 24.0 Å². The largest absolute Gasteiger partial charge is 0.422 e. The number of methoxy groups -OCH3 is 1. The molecule has 0 saturated carbocycles. The van der Waals surface area contributed by atoms with Gasteiger partial charge in [-0.05, 0) is 37.5 Å². The quantitative estimate of drug-likeness (QED) is 0.0433. The summed E-state index contributed by atoms with van der Waals surface area (Å²) in [6.07, 6.45) is 1.41. The van der Waals surface area contributed by atoms with Crippen molar-refractivity contribution in [2.24, 2.45) is 0 Å². The molecule has 0 spiro atoms. The number of unbranched alkanes of at least 4 members (excludes halogenated alkanes) is 2. The molecule has 2 aromatic rings. The molecule has 21 nitrogen and oxygen atoms in total. The summed E-state index contributed by atoms with van der Waals surface area (Å²) in [5.74, 6) is -2.02. The van der Waals surface area contributed by atoms with Gasteiger partial charge in [0.2, 0.25) is 5.91 Å². The van der Waals surface area contributed by atoms with Gasteiger partial charge in [0.25, 0.3) is 11.8 Å². The Kier molecular flexibility index (Phi) is 30.6. The van der Waals surface area contributed by atoms with Crippen molar-refractivity contribution in [3.63, 3.8) is 0 Å². The Bertz CT molecular complexity index is 1710. The summed E-state index contributed by atoms with van der Waals surface area (Å²) in [5, 5.41) is 1.22. The lowest BCUT2D eigenvalue weighted by atomic mass is 10.0. The van der Waals surface area contributed by atoms with Gasteiger partial charge in [0, 0.05) is 56.6 Å². The SMILES string of the molecule is COCCOCCOCCOCCOCCOCCOCCOCCOCCOCCOCCN(CCCCCC(=O)ON1C(=O)CCC1=O)C(=O)Cc1c(C)c2ccc(N)cc2oc1=O. The number of benzene rings is 1. The lowest BCUT2D eigenvalue weighted by Crippen LogP contribution is -2.37. The number of nitrogens with zero attached hydrogens (tertiary/aromatic N) is 2. The van der Waals surface area contributed by atoms with E-state index < -0.39 is 23.4 Å². The number of ether oxygens (including phenoxy) is 11. The van der Waals surface area contributed by atoms with Crippen molar-refractivity contribution in [2.75, 3.05) is 165 Å². The van der Waals surface area contributed by atoms with E-state index in [2.05, 4.69) is 0 Å². The van der Waals surface area contributed by atoms with E-state index in [1.165, 1.54) is 0 Å². The van der Waals surface area contributed by atoms with E-state index >= 15 is 0 Å². The van der Waals surface area contributed by atoms with Crippen LogP contribution in [-0.2, 0) is 82.5 Å². The van der Waals surface area contributed by atoms with Gasteiger partial charge in [-0.25, -0.2) is 9.59 Å². The molecule has 1 aliphatic rings. The summed E-state index contributed by atoms with van der Waals surface area (Å²) in [6, 6.07) is 5.04. The lowest BCUT2D eigenvalue weighted by Gasteiger charge is -2.23. The summed E-state index contributed by atoms with van der Waals surface area (Å²) in [4.78, 5) is 68.7. The first kappa shape index (κ1) is 56.2. The summed E-state index contributed by atoms with van der Waals surface area (Å²) >= 11 is 0. The fourth-order valence-corrected chi connectivity index (χ4v) is 6.19. The number of nitrogen functional groups attached to an aromatic ring is 1. The molecule has 0 unspecified atom stereocenters. The minimum Gasteiger partial charge on any atom is -0.422 e. The zero-order chi connectivity index (χ0) is 47.5. The second kappa shape index (κ2) is 36.0. The minimum absolute atomic E-state index is 0.00462. The Morgan fingerprint density at radius 2 is 1.05 bits per heavy atom. The molecule has 1 aromatic heterocycles. The van der Waals surface area contributed by atoms with Crippen molar-refractivity contribution in [1.29, 1.82) is 0 Å². The molecule has 1 saturated heterocycles. The summed E-state index contributed by atoms with van der Waals surface area (Å²) in [6.45, 7) is 11.8. The van der Waals surface area contributed by atoms with Crippen LogP contribution in [0.4, 0.5) is 5.69 Å². The van der Waals surface area contributed by atoms with Crippen molar-refractivity contribution >= 4 is 40.3 Å². The predicted octanol–water partition coefficient (Wildman–Crippen LogP) is 2.03. The second-order valence-corrected chi connectivity index (χ2v) is 14.8. The van der Waals surface area contributed by atoms with E-state index in [0.717, 1.165) is 0 Å². The van der Waals surface area contributed by atoms with Crippen LogP contribution in [-0.4, -0.2) is 193 Å². The third-order valence-electron chi connectivity index (χ3n) is 9.79. The zero-order valence-electron chi connectivity index (χ0n) is 38.8. The molecular formula is C45H71N3O18. The molecule has 1 aromatic carbocycles. The average Bonchev–Trinajstić information content (AvgIpc) is 3.61. The highest BCUT2D eigenvalue weighted by Gasteiger charge is 2.32. The maximum Gasteiger partial charge on any atom is 0.340 e. The Morgan fingerprint density at radius 3 is 1.50 bits per heavy atom. The van der Waals surface area contributed by atoms with Crippen molar-refractivity contribution < 1.29 is 80.5 Å². The lowest BCUT2D eigenvalue weighted by molar-refractivity contribution is -0.197. The first-order valence-corrected chi connectivity index (χ1v) is 22.6. The highest BCUT2D eigenvalue weighted by Crippen LogP contribution is 2.22. The molecule has 0 aliphatic carbocycles. The molecule has 0 radical (unpaired) electrons. The van der Waals surface area contributed by atoms with Crippen molar-refractivity contribution in [2.45, 2.75) is 51.9 Å². The van der Waals surface area contributed by atoms with E-state index in [-0.39, 0.29) is 50.3 Å². The first-order valence-electron chi connectivity index (χ1n) is 22.6. The van der Waals surface area contributed by atoms with Crippen molar-refractivity contribution in [1.82, 2.24) is 9.96 Å². The number of carbonyl (C=O) groups excluding carboxylic acids is 4. The van der Waals surface area contributed by atoms with Crippen LogP contribution >= 0.6 is 0 Å². The Balaban J connectivity index is 1.17. The van der Waals surface area contributed by atoms with Gasteiger partial charge < -0.3 is 72.0 Å². The molecule has 1 fully saturated rings. The number of hydrogen-bond acceptors (Lipinski definition) is 19. The molecule has 0 bridgehead atoms. The van der Waals surface area contributed by atoms with Gasteiger partial charge in [-0.3, -0.25) is 14.4 Å². The van der Waals surface area contributed by atoms with Crippen LogP contribution in [0.3, 0.4) is 0 Å². The number of imide groups is 1. The molecule has 2 N–H and O–H groups in total. The minimum atomic E-state index is -0.674. The summed E-state index contributed by atoms with van der Waals surface area (Å²) < 4.78 is 65.5. The smallest absolute Gasteiger partial charge is 0.340 e. The van der Waals surface area contributed by atoms with Crippen LogP contribution in [0.1, 0.15) is 49.7 Å². The van der Waals surface area contributed by atoms with Crippen molar-refractivity contribution in [3.8, 4) is 0 Å². The van der Waals surface area contributed by atoms with Crippen LogP contribution < -0.4 is 11.4 Å². The molecule has 0 atom stereocenters. The molecule has 1 aliphatic heterocycles. The third kappa shape index (κ3) is 24.6. The van der Waals surface area contributed by atoms with Gasteiger partial charge in [-0.2, -0.15) is 0 Å². The monoisotopic (exact) mass is 941 g/mol. The first-order chi connectivity index (χ1) is 32.2. The van der Waals surface area contributed by atoms with E-state index in [1.54, 1.807) is 37.1 Å². The van der Waals surface area contributed by atoms with Crippen LogP contribution in [0.2, 0.25) is 0 Å². The van der Waals surface area contributed by atoms with E-state index in [0.29, 0.717) is 185 Å². The van der Waals surface area contributed by atoms with Gasteiger partial charge in [-0.15, -0.1) is 5.06 Å². The highest BCUT2D eigenvalue weighted by atomic mass is 16.7. The maximum atomic E-state index is 13.6. The second-order valence-electron chi connectivity index (χ2n) is 14.8. The van der Waals surface area contributed by atoms with Gasteiger partial charge in [0.05, 0.1) is 151 Å².